The molecule has 2 saturated heterocycles. The summed E-state index contributed by atoms with van der Waals surface area (Å²) >= 11 is 0. The molecule has 6 unspecified atom stereocenters. The summed E-state index contributed by atoms with van der Waals surface area (Å²) in [5.74, 6) is -8.20. The highest BCUT2D eigenvalue weighted by Gasteiger charge is 2.61. The zero-order valence-corrected chi connectivity index (χ0v) is 19.8. The first-order valence-corrected chi connectivity index (χ1v) is 12.2. The Morgan fingerprint density at radius 2 is 1.30 bits per heavy atom. The number of carboxylic acid groups (broad SMARTS) is 2. The highest BCUT2D eigenvalue weighted by molar-refractivity contribution is 6.08. The first-order valence-electron chi connectivity index (χ1n) is 12.2. The lowest BCUT2D eigenvalue weighted by Gasteiger charge is -2.44. The van der Waals surface area contributed by atoms with E-state index in [1.807, 2.05) is 6.08 Å². The number of hydrogen-bond acceptors (Lipinski definition) is 7. The lowest BCUT2D eigenvalue weighted by molar-refractivity contribution is -0.145. The highest BCUT2D eigenvalue weighted by atomic mass is 16.4. The van der Waals surface area contributed by atoms with Gasteiger partial charge < -0.3 is 15.3 Å². The number of fused-ring (bicyclic) bond motifs is 4. The van der Waals surface area contributed by atoms with Gasteiger partial charge in [-0.25, -0.2) is 0 Å². The maximum atomic E-state index is 13.5. The molecule has 6 atom stereocenters. The predicted molar refractivity (Wildman–Crippen MR) is 124 cm³/mol. The van der Waals surface area contributed by atoms with Gasteiger partial charge in [0.2, 0.25) is 23.6 Å². The molecule has 194 valence electrons. The predicted octanol–water partition coefficient (Wildman–Crippen LogP) is 0.978. The van der Waals surface area contributed by atoms with Gasteiger partial charge in [-0.2, -0.15) is 0 Å². The molecular formula is C26H26N2O9. The summed E-state index contributed by atoms with van der Waals surface area (Å²) < 4.78 is 0. The number of imide groups is 2. The van der Waals surface area contributed by atoms with Crippen LogP contribution in [0.1, 0.15) is 37.2 Å². The summed E-state index contributed by atoms with van der Waals surface area (Å²) in [5, 5.41) is 27.9. The molecule has 11 heteroatoms. The lowest BCUT2D eigenvalue weighted by atomic mass is 9.57. The second kappa shape index (κ2) is 9.13. The molecule has 1 aromatic rings. The summed E-state index contributed by atoms with van der Waals surface area (Å²) in [4.78, 5) is 77.5. The molecule has 2 aliphatic heterocycles. The van der Waals surface area contributed by atoms with Crippen molar-refractivity contribution in [1.82, 2.24) is 9.80 Å². The normalized spacial score (nSPS) is 30.6. The highest BCUT2D eigenvalue weighted by Crippen LogP contribution is 2.57. The average Bonchev–Trinajstić information content (AvgIpc) is 3.24. The van der Waals surface area contributed by atoms with Crippen molar-refractivity contribution in [1.29, 1.82) is 0 Å². The Balaban J connectivity index is 1.54. The molecule has 1 aromatic carbocycles. The minimum Gasteiger partial charge on any atom is -0.508 e. The number of carboxylic acids is 2. The molecule has 1 saturated carbocycles. The van der Waals surface area contributed by atoms with Crippen LogP contribution in [-0.4, -0.2) is 73.8 Å². The van der Waals surface area contributed by atoms with Crippen LogP contribution in [0.25, 0.3) is 0 Å². The molecule has 37 heavy (non-hydrogen) atoms. The first kappa shape index (κ1) is 24.7. The van der Waals surface area contributed by atoms with E-state index in [2.05, 4.69) is 0 Å². The van der Waals surface area contributed by atoms with E-state index in [0.717, 1.165) is 15.4 Å². The van der Waals surface area contributed by atoms with Crippen molar-refractivity contribution in [2.75, 3.05) is 13.1 Å². The number of carbonyl (C=O) groups excluding carboxylic acids is 4. The number of aliphatic carboxylic acids is 2. The van der Waals surface area contributed by atoms with Crippen LogP contribution in [0.4, 0.5) is 0 Å². The van der Waals surface area contributed by atoms with Crippen molar-refractivity contribution in [2.45, 2.75) is 31.6 Å². The van der Waals surface area contributed by atoms with E-state index >= 15 is 0 Å². The zero-order chi connectivity index (χ0) is 26.6. The third kappa shape index (κ3) is 3.98. The fraction of sp³-hybridized carbons (Fsp3) is 0.462. The van der Waals surface area contributed by atoms with Crippen LogP contribution in [0, 0.1) is 29.6 Å². The van der Waals surface area contributed by atoms with Crippen LogP contribution in [0.2, 0.25) is 0 Å². The van der Waals surface area contributed by atoms with Crippen LogP contribution >= 0.6 is 0 Å². The largest absolute Gasteiger partial charge is 0.508 e. The summed E-state index contributed by atoms with van der Waals surface area (Å²) in [5.41, 5.74) is 1.44. The molecule has 0 bridgehead atoms. The summed E-state index contributed by atoms with van der Waals surface area (Å²) in [6.45, 7) is -0.478. The van der Waals surface area contributed by atoms with Crippen molar-refractivity contribution in [3.8, 4) is 5.75 Å². The topological polar surface area (TPSA) is 170 Å². The Labute approximate surface area is 211 Å². The van der Waals surface area contributed by atoms with Gasteiger partial charge in [0.25, 0.3) is 0 Å². The van der Waals surface area contributed by atoms with Crippen molar-refractivity contribution < 1.29 is 44.1 Å². The van der Waals surface area contributed by atoms with Crippen molar-refractivity contribution in [2.24, 2.45) is 29.6 Å². The second-order valence-electron chi connectivity index (χ2n) is 10.1. The smallest absolute Gasteiger partial charge is 0.305 e. The van der Waals surface area contributed by atoms with E-state index in [1.54, 1.807) is 12.1 Å². The maximum absolute atomic E-state index is 13.5. The Hall–Kier alpha value is -4.02. The van der Waals surface area contributed by atoms with Gasteiger partial charge in [-0.15, -0.1) is 0 Å². The first-order chi connectivity index (χ1) is 17.6. The van der Waals surface area contributed by atoms with E-state index in [-0.39, 0.29) is 44.5 Å². The molecule has 0 radical (unpaired) electrons. The number of benzene rings is 1. The quantitative estimate of drug-likeness (QED) is 0.357. The Bertz CT molecular complexity index is 1240. The molecule has 0 spiro atoms. The van der Waals surface area contributed by atoms with E-state index < -0.39 is 71.1 Å². The van der Waals surface area contributed by atoms with E-state index in [1.165, 1.54) is 12.1 Å². The molecule has 2 heterocycles. The van der Waals surface area contributed by atoms with Gasteiger partial charge in [0.1, 0.15) is 5.75 Å². The van der Waals surface area contributed by atoms with Gasteiger partial charge >= 0.3 is 11.9 Å². The number of phenols is 1. The number of allylic oxidation sites excluding steroid dienone is 2. The van der Waals surface area contributed by atoms with E-state index in [4.69, 9.17) is 10.2 Å². The van der Waals surface area contributed by atoms with Gasteiger partial charge in [-0.1, -0.05) is 23.8 Å². The number of rotatable bonds is 7. The molecule has 11 nitrogen and oxygen atoms in total. The molecule has 4 aliphatic rings. The van der Waals surface area contributed by atoms with Gasteiger partial charge in [0.05, 0.1) is 36.5 Å². The summed E-state index contributed by atoms with van der Waals surface area (Å²) in [7, 11) is 0. The van der Waals surface area contributed by atoms with E-state index in [0.29, 0.717) is 5.56 Å². The summed E-state index contributed by atoms with van der Waals surface area (Å²) in [6, 6.07) is 6.26. The van der Waals surface area contributed by atoms with Crippen LogP contribution in [0.15, 0.2) is 35.9 Å². The van der Waals surface area contributed by atoms with Gasteiger partial charge in [0, 0.05) is 19.0 Å². The zero-order valence-electron chi connectivity index (χ0n) is 19.8. The number of aromatic hydroxyl groups is 1. The molecule has 3 fully saturated rings. The third-order valence-corrected chi connectivity index (χ3v) is 8.18. The van der Waals surface area contributed by atoms with Crippen LogP contribution in [0.5, 0.6) is 5.75 Å². The lowest BCUT2D eigenvalue weighted by Crippen LogP contribution is -2.43. The standard InChI is InChI=1S/C26H26N2O9/c29-13-3-1-12(2-4-13)20-14-5-6-15-21(25(36)27(23(15)34)9-7-18(30)31)16(14)11-17-22(20)26(37)28(24(17)35)10-8-19(32)33/h1-5,15-17,20-22,29H,6-11H2,(H,30,31)(H,32,33). The molecule has 3 N–H and O–H groups in total. The van der Waals surface area contributed by atoms with Crippen molar-refractivity contribution >= 4 is 35.6 Å². The SMILES string of the molecule is O=C(O)CCN1C(=O)C2CC=C3C(CC4C(=O)N(CCC(=O)O)C(=O)C4C3c3ccc(O)cc3)C2C1=O. The van der Waals surface area contributed by atoms with Crippen molar-refractivity contribution in [3.63, 3.8) is 0 Å². The Morgan fingerprint density at radius 1 is 0.757 bits per heavy atom. The molecular weight excluding hydrogens is 484 g/mol. The molecule has 5 rings (SSSR count). The number of phenolic OH excluding ortho intramolecular Hbond substituents is 1. The van der Waals surface area contributed by atoms with Gasteiger partial charge in [-0.3, -0.25) is 38.6 Å². The average molecular weight is 510 g/mol. The number of hydrogen-bond donors (Lipinski definition) is 3. The van der Waals surface area contributed by atoms with E-state index in [9.17, 15) is 33.9 Å². The Morgan fingerprint density at radius 3 is 1.86 bits per heavy atom. The fourth-order valence-electron chi connectivity index (χ4n) is 6.63. The monoisotopic (exact) mass is 510 g/mol. The minimum absolute atomic E-state index is 0.0212. The number of carbonyl (C=O) groups is 6. The fourth-order valence-corrected chi connectivity index (χ4v) is 6.63. The molecule has 4 amide bonds. The van der Waals surface area contributed by atoms with Crippen molar-refractivity contribution in [3.05, 3.63) is 41.5 Å². The molecule has 2 aliphatic carbocycles. The number of amides is 4. The van der Waals surface area contributed by atoms with Crippen LogP contribution < -0.4 is 0 Å². The number of likely N-dealkylation sites (tertiary alicyclic amines) is 2. The summed E-state index contributed by atoms with van der Waals surface area (Å²) in [6.07, 6.45) is 1.52. The number of nitrogens with zero attached hydrogens (tertiary/aromatic N) is 2. The second-order valence-corrected chi connectivity index (χ2v) is 10.1. The third-order valence-electron chi connectivity index (χ3n) is 8.18. The van der Waals surface area contributed by atoms with Crippen LogP contribution in [-0.2, 0) is 28.8 Å². The maximum Gasteiger partial charge on any atom is 0.305 e. The van der Waals surface area contributed by atoms with Gasteiger partial charge in [0.15, 0.2) is 0 Å². The van der Waals surface area contributed by atoms with Crippen LogP contribution in [0.3, 0.4) is 0 Å². The molecule has 0 aromatic heterocycles. The Kier molecular flexibility index (Phi) is 6.09. The van der Waals surface area contributed by atoms with Gasteiger partial charge in [-0.05, 0) is 36.5 Å². The minimum atomic E-state index is -1.14.